The van der Waals surface area contributed by atoms with Crippen molar-refractivity contribution >= 4 is 33.1 Å². The van der Waals surface area contributed by atoms with Gasteiger partial charge in [-0.05, 0) is 68.4 Å². The monoisotopic (exact) mass is 395 g/mol. The maximum absolute atomic E-state index is 12.7. The number of rotatable bonds is 4. The van der Waals surface area contributed by atoms with Gasteiger partial charge in [0.2, 0.25) is 5.91 Å². The third kappa shape index (κ3) is 3.87. The highest BCUT2D eigenvalue weighted by Gasteiger charge is 2.19. The summed E-state index contributed by atoms with van der Waals surface area (Å²) >= 11 is 1.65. The number of thiophene rings is 1. The number of carbonyl (C=O) groups is 1. The van der Waals surface area contributed by atoms with Crippen molar-refractivity contribution in [3.8, 4) is 0 Å². The van der Waals surface area contributed by atoms with Gasteiger partial charge < -0.3 is 10.3 Å². The molecule has 0 unspecified atom stereocenters. The van der Waals surface area contributed by atoms with Crippen LogP contribution in [-0.2, 0) is 24.1 Å². The summed E-state index contributed by atoms with van der Waals surface area (Å²) in [5.74, 6) is 0.511. The van der Waals surface area contributed by atoms with Gasteiger partial charge in [0.15, 0.2) is 0 Å². The number of amides is 1. The molecule has 0 aliphatic heterocycles. The first-order chi connectivity index (χ1) is 13.5. The van der Waals surface area contributed by atoms with E-state index in [4.69, 9.17) is 0 Å². The summed E-state index contributed by atoms with van der Waals surface area (Å²) in [6.07, 6.45) is 6.27. The smallest absolute Gasteiger partial charge is 0.259 e. The Bertz CT molecular complexity index is 1100. The quantitative estimate of drug-likeness (QED) is 0.641. The lowest BCUT2D eigenvalue weighted by molar-refractivity contribution is -0.116. The van der Waals surface area contributed by atoms with Crippen LogP contribution in [0.4, 0.5) is 5.69 Å². The van der Waals surface area contributed by atoms with Crippen LogP contribution in [0, 0.1) is 13.8 Å². The minimum absolute atomic E-state index is 0.0611. The number of hydrogen-bond donors (Lipinski definition) is 2. The van der Waals surface area contributed by atoms with E-state index in [1.807, 2.05) is 32.0 Å². The molecule has 1 aliphatic rings. The molecule has 28 heavy (non-hydrogen) atoms. The summed E-state index contributed by atoms with van der Waals surface area (Å²) in [7, 11) is 0. The van der Waals surface area contributed by atoms with Crippen molar-refractivity contribution in [2.45, 2.75) is 58.8 Å². The average Bonchev–Trinajstić information content (AvgIpc) is 2.85. The molecule has 2 heterocycles. The number of carbonyl (C=O) groups excluding carboxylic acids is 1. The zero-order chi connectivity index (χ0) is 19.7. The van der Waals surface area contributed by atoms with E-state index in [9.17, 15) is 9.59 Å². The van der Waals surface area contributed by atoms with Crippen LogP contribution in [0.3, 0.4) is 0 Å². The molecule has 146 valence electrons. The van der Waals surface area contributed by atoms with E-state index in [1.54, 1.807) is 11.3 Å². The molecule has 5 nitrogen and oxygen atoms in total. The van der Waals surface area contributed by atoms with Crippen LogP contribution in [0.25, 0.3) is 10.2 Å². The standard InChI is InChI=1S/C22H25N3O2S/c1-13-8-9-15(12-14(13)2)23-19(26)11-10-18-24-21(27)20-16-6-4-3-5-7-17(16)28-22(20)25-18/h8-9,12H,3-7,10-11H2,1-2H3,(H,23,26)(H,24,25,27). The third-order valence-corrected chi connectivity index (χ3v) is 6.69. The van der Waals surface area contributed by atoms with Gasteiger partial charge in [-0.2, -0.15) is 0 Å². The molecule has 0 saturated heterocycles. The molecule has 1 aliphatic carbocycles. The number of aromatic nitrogens is 2. The first-order valence-electron chi connectivity index (χ1n) is 9.92. The van der Waals surface area contributed by atoms with Crippen molar-refractivity contribution < 1.29 is 4.79 Å². The fourth-order valence-corrected chi connectivity index (χ4v) is 5.06. The fourth-order valence-electron chi connectivity index (χ4n) is 3.78. The number of hydrogen-bond acceptors (Lipinski definition) is 4. The minimum Gasteiger partial charge on any atom is -0.326 e. The van der Waals surface area contributed by atoms with Crippen LogP contribution in [-0.4, -0.2) is 15.9 Å². The maximum Gasteiger partial charge on any atom is 0.259 e. The Kier molecular flexibility index (Phi) is 5.31. The second-order valence-corrected chi connectivity index (χ2v) is 8.69. The van der Waals surface area contributed by atoms with E-state index in [-0.39, 0.29) is 17.9 Å². The number of anilines is 1. The van der Waals surface area contributed by atoms with Gasteiger partial charge in [0.1, 0.15) is 10.7 Å². The average molecular weight is 396 g/mol. The molecule has 4 rings (SSSR count). The highest BCUT2D eigenvalue weighted by atomic mass is 32.1. The topological polar surface area (TPSA) is 74.8 Å². The maximum atomic E-state index is 12.7. The zero-order valence-electron chi connectivity index (χ0n) is 16.4. The first kappa shape index (κ1) is 18.9. The van der Waals surface area contributed by atoms with Gasteiger partial charge in [-0.15, -0.1) is 11.3 Å². The van der Waals surface area contributed by atoms with E-state index in [2.05, 4.69) is 15.3 Å². The van der Waals surface area contributed by atoms with E-state index in [0.717, 1.165) is 40.7 Å². The third-order valence-electron chi connectivity index (χ3n) is 5.50. The minimum atomic E-state index is -0.0760. The normalized spacial score (nSPS) is 13.9. The summed E-state index contributed by atoms with van der Waals surface area (Å²) in [5, 5.41) is 3.69. The Balaban J connectivity index is 1.48. The highest BCUT2D eigenvalue weighted by Crippen LogP contribution is 2.32. The fraction of sp³-hybridized carbons (Fsp3) is 0.409. The largest absolute Gasteiger partial charge is 0.326 e. The van der Waals surface area contributed by atoms with E-state index < -0.39 is 0 Å². The molecule has 0 bridgehead atoms. The summed E-state index contributed by atoms with van der Waals surface area (Å²) in [5.41, 5.74) is 4.28. The van der Waals surface area contributed by atoms with Crippen molar-refractivity contribution in [2.75, 3.05) is 5.32 Å². The van der Waals surface area contributed by atoms with Crippen LogP contribution in [0.5, 0.6) is 0 Å². The lowest BCUT2D eigenvalue weighted by Gasteiger charge is -2.07. The van der Waals surface area contributed by atoms with E-state index >= 15 is 0 Å². The molecule has 1 amide bonds. The van der Waals surface area contributed by atoms with Gasteiger partial charge in [0.25, 0.3) is 5.56 Å². The molecule has 3 aromatic rings. The van der Waals surface area contributed by atoms with Gasteiger partial charge in [0, 0.05) is 23.4 Å². The molecule has 0 atom stereocenters. The zero-order valence-corrected chi connectivity index (χ0v) is 17.2. The molecular formula is C22H25N3O2S. The molecule has 1 aromatic carbocycles. The molecule has 2 N–H and O–H groups in total. The lowest BCUT2D eigenvalue weighted by Crippen LogP contribution is -2.16. The van der Waals surface area contributed by atoms with Gasteiger partial charge in [0.05, 0.1) is 5.39 Å². The van der Waals surface area contributed by atoms with Gasteiger partial charge in [-0.1, -0.05) is 12.5 Å². The molecule has 2 aromatic heterocycles. The summed E-state index contributed by atoms with van der Waals surface area (Å²) in [6, 6.07) is 5.88. The number of nitrogens with zero attached hydrogens (tertiary/aromatic N) is 1. The van der Waals surface area contributed by atoms with Crippen LogP contribution in [0.1, 0.15) is 53.1 Å². The molecule has 0 saturated carbocycles. The predicted octanol–water partition coefficient (Wildman–Crippen LogP) is 4.44. The van der Waals surface area contributed by atoms with Crippen molar-refractivity contribution in [3.05, 3.63) is 55.9 Å². The Morgan fingerprint density at radius 3 is 2.82 bits per heavy atom. The highest BCUT2D eigenvalue weighted by molar-refractivity contribution is 7.18. The molecule has 0 radical (unpaired) electrons. The number of H-pyrrole nitrogens is 1. The van der Waals surface area contributed by atoms with Crippen molar-refractivity contribution in [2.24, 2.45) is 0 Å². The number of fused-ring (bicyclic) bond motifs is 3. The Labute approximate surface area is 168 Å². The lowest BCUT2D eigenvalue weighted by atomic mass is 10.1. The van der Waals surface area contributed by atoms with Gasteiger partial charge in [-0.25, -0.2) is 4.98 Å². The van der Waals surface area contributed by atoms with Crippen molar-refractivity contribution in [1.82, 2.24) is 9.97 Å². The summed E-state index contributed by atoms with van der Waals surface area (Å²) < 4.78 is 0. The van der Waals surface area contributed by atoms with Gasteiger partial charge >= 0.3 is 0 Å². The number of nitrogens with one attached hydrogen (secondary N) is 2. The summed E-state index contributed by atoms with van der Waals surface area (Å²) in [6.45, 7) is 4.07. The molecular weight excluding hydrogens is 370 g/mol. The summed E-state index contributed by atoms with van der Waals surface area (Å²) in [4.78, 5) is 34.7. The van der Waals surface area contributed by atoms with E-state index in [1.165, 1.54) is 28.8 Å². The van der Waals surface area contributed by atoms with Gasteiger partial charge in [-0.3, -0.25) is 9.59 Å². The Hall–Kier alpha value is -2.47. The molecule has 6 heteroatoms. The number of aryl methyl sites for hydroxylation is 5. The SMILES string of the molecule is Cc1ccc(NC(=O)CCc2nc3sc4c(c3c(=O)[nH]2)CCCCC4)cc1C. The van der Waals surface area contributed by atoms with Crippen LogP contribution >= 0.6 is 11.3 Å². The number of benzene rings is 1. The Morgan fingerprint density at radius 1 is 1.18 bits per heavy atom. The second kappa shape index (κ2) is 7.87. The van der Waals surface area contributed by atoms with E-state index in [0.29, 0.717) is 12.2 Å². The first-order valence-corrected chi connectivity index (χ1v) is 10.7. The second-order valence-electron chi connectivity index (χ2n) is 7.60. The number of aromatic amines is 1. The van der Waals surface area contributed by atoms with Crippen LogP contribution in [0.15, 0.2) is 23.0 Å². The Morgan fingerprint density at radius 2 is 2.00 bits per heavy atom. The molecule has 0 fully saturated rings. The van der Waals surface area contributed by atoms with Crippen molar-refractivity contribution in [3.63, 3.8) is 0 Å². The van der Waals surface area contributed by atoms with Crippen molar-refractivity contribution in [1.29, 1.82) is 0 Å². The predicted molar refractivity (Wildman–Crippen MR) is 114 cm³/mol. The molecule has 0 spiro atoms. The van der Waals surface area contributed by atoms with Crippen LogP contribution < -0.4 is 10.9 Å². The van der Waals surface area contributed by atoms with Crippen LogP contribution in [0.2, 0.25) is 0 Å².